The van der Waals surface area contributed by atoms with Crippen LogP contribution in [-0.4, -0.2) is 38.7 Å². The molecule has 3 rings (SSSR count). The molecule has 0 unspecified atom stereocenters. The van der Waals surface area contributed by atoms with Crippen LogP contribution in [0.3, 0.4) is 0 Å². The highest BCUT2D eigenvalue weighted by Gasteiger charge is 2.46. The number of hydrogen-bond donors (Lipinski definition) is 2. The fourth-order valence-corrected chi connectivity index (χ4v) is 4.32. The van der Waals surface area contributed by atoms with E-state index in [1.54, 1.807) is 0 Å². The lowest BCUT2D eigenvalue weighted by Gasteiger charge is -2.50. The molecule has 0 amide bonds. The van der Waals surface area contributed by atoms with E-state index in [-0.39, 0.29) is 0 Å². The van der Waals surface area contributed by atoms with Gasteiger partial charge in [-0.2, -0.15) is 0 Å². The highest BCUT2D eigenvalue weighted by atomic mass is 35.5. The first-order chi connectivity index (χ1) is 11.0. The number of aryl methyl sites for hydroxylation is 1. The third kappa shape index (κ3) is 3.59. The molecule has 1 aromatic rings. The zero-order valence-corrected chi connectivity index (χ0v) is 15.2. The predicted molar refractivity (Wildman–Crippen MR) is 93.6 cm³/mol. The van der Waals surface area contributed by atoms with Gasteiger partial charge in [-0.25, -0.2) is 4.98 Å². The molecule has 1 aliphatic carbocycles. The molecule has 23 heavy (non-hydrogen) atoms. The number of rotatable bonds is 6. The summed E-state index contributed by atoms with van der Waals surface area (Å²) < 4.78 is 0. The lowest BCUT2D eigenvalue weighted by Crippen LogP contribution is -2.56. The van der Waals surface area contributed by atoms with E-state index in [2.05, 4.69) is 28.7 Å². The van der Waals surface area contributed by atoms with E-state index in [4.69, 9.17) is 11.6 Å². The molecule has 0 bridgehead atoms. The van der Waals surface area contributed by atoms with Gasteiger partial charge in [-0.3, -0.25) is 4.90 Å². The Labute approximate surface area is 144 Å². The van der Waals surface area contributed by atoms with Crippen LogP contribution in [0.2, 0.25) is 5.15 Å². The zero-order chi connectivity index (χ0) is 16.4. The number of aliphatic hydroxyl groups is 1. The Morgan fingerprint density at radius 1 is 1.43 bits per heavy atom. The van der Waals surface area contributed by atoms with Crippen molar-refractivity contribution in [2.75, 3.05) is 13.1 Å². The molecule has 2 aliphatic rings. The summed E-state index contributed by atoms with van der Waals surface area (Å²) in [5.74, 6) is 1.85. The summed E-state index contributed by atoms with van der Waals surface area (Å²) in [6.07, 6.45) is 7.84. The largest absolute Gasteiger partial charge is 0.389 e. The Balaban J connectivity index is 1.58. The minimum absolute atomic E-state index is 0.322. The van der Waals surface area contributed by atoms with Crippen molar-refractivity contribution in [3.05, 3.63) is 16.7 Å². The Bertz CT molecular complexity index is 528. The van der Waals surface area contributed by atoms with Gasteiger partial charge in [0.2, 0.25) is 0 Å². The first kappa shape index (κ1) is 17.2. The number of unbranched alkanes of at least 4 members (excludes halogenated alkanes) is 1. The Morgan fingerprint density at radius 3 is 2.83 bits per heavy atom. The molecule has 1 saturated heterocycles. The van der Waals surface area contributed by atoms with Gasteiger partial charge in [0.1, 0.15) is 5.82 Å². The van der Waals surface area contributed by atoms with Crippen molar-refractivity contribution in [1.82, 2.24) is 14.9 Å². The third-order valence-electron chi connectivity index (χ3n) is 5.95. The molecule has 1 aliphatic heterocycles. The predicted octanol–water partition coefficient (Wildman–Crippen LogP) is 3.78. The molecular formula is C18H30ClN3O. The lowest BCUT2D eigenvalue weighted by atomic mass is 9.65. The number of piperidine rings is 1. The fourth-order valence-electron chi connectivity index (χ4n) is 4.11. The summed E-state index contributed by atoms with van der Waals surface area (Å²) in [4.78, 5) is 10.2. The van der Waals surface area contributed by atoms with Crippen LogP contribution in [0.5, 0.6) is 0 Å². The highest BCUT2D eigenvalue weighted by molar-refractivity contribution is 6.30. The highest BCUT2D eigenvalue weighted by Crippen LogP contribution is 2.44. The molecular weight excluding hydrogens is 310 g/mol. The number of imidazole rings is 1. The topological polar surface area (TPSA) is 52.1 Å². The molecule has 4 nitrogen and oxygen atoms in total. The first-order valence-corrected chi connectivity index (χ1v) is 9.58. The van der Waals surface area contributed by atoms with Gasteiger partial charge in [0.25, 0.3) is 0 Å². The average Bonchev–Trinajstić information content (AvgIpc) is 2.79. The van der Waals surface area contributed by atoms with Gasteiger partial charge in [0.05, 0.1) is 11.3 Å². The zero-order valence-electron chi connectivity index (χ0n) is 14.4. The Morgan fingerprint density at radius 2 is 2.22 bits per heavy atom. The maximum absolute atomic E-state index is 11.0. The van der Waals surface area contributed by atoms with E-state index < -0.39 is 5.60 Å². The summed E-state index contributed by atoms with van der Waals surface area (Å²) in [6, 6.07) is 0. The molecule has 2 fully saturated rings. The minimum Gasteiger partial charge on any atom is -0.389 e. The third-order valence-corrected chi connectivity index (χ3v) is 6.26. The van der Waals surface area contributed by atoms with Crippen LogP contribution in [0.25, 0.3) is 0 Å². The van der Waals surface area contributed by atoms with Crippen LogP contribution in [0.15, 0.2) is 0 Å². The van der Waals surface area contributed by atoms with Crippen molar-refractivity contribution in [1.29, 1.82) is 0 Å². The molecule has 0 spiro atoms. The number of hydrogen-bond acceptors (Lipinski definition) is 3. The summed E-state index contributed by atoms with van der Waals surface area (Å²) in [7, 11) is 0. The van der Waals surface area contributed by atoms with Gasteiger partial charge in [0, 0.05) is 26.1 Å². The van der Waals surface area contributed by atoms with Gasteiger partial charge in [-0.15, -0.1) is 0 Å². The molecule has 5 heteroatoms. The summed E-state index contributed by atoms with van der Waals surface area (Å²) in [6.45, 7) is 7.07. The monoisotopic (exact) mass is 339 g/mol. The van der Waals surface area contributed by atoms with Crippen LogP contribution < -0.4 is 0 Å². The van der Waals surface area contributed by atoms with E-state index in [0.717, 1.165) is 56.8 Å². The Kier molecular flexibility index (Phi) is 5.34. The smallest absolute Gasteiger partial charge is 0.151 e. The van der Waals surface area contributed by atoms with Crippen molar-refractivity contribution >= 4 is 11.6 Å². The van der Waals surface area contributed by atoms with Crippen molar-refractivity contribution in [2.45, 2.75) is 70.9 Å². The summed E-state index contributed by atoms with van der Waals surface area (Å²) in [5, 5.41) is 11.6. The van der Waals surface area contributed by atoms with Crippen molar-refractivity contribution in [2.24, 2.45) is 11.8 Å². The standard InChI is InChI=1S/C18H30ClN3O/c1-3-4-8-16-20-15(17(19)21-16)12-22-10-9-18(23,13(2)11-22)14-6-5-7-14/h13-14,23H,3-12H2,1-2H3,(H,20,21)/t13-,18+/m1/s1. The van der Waals surface area contributed by atoms with Crippen LogP contribution in [-0.2, 0) is 13.0 Å². The van der Waals surface area contributed by atoms with E-state index in [9.17, 15) is 5.11 Å². The fraction of sp³-hybridized carbons (Fsp3) is 0.833. The average molecular weight is 340 g/mol. The second kappa shape index (κ2) is 7.12. The van der Waals surface area contributed by atoms with Gasteiger partial charge in [0.15, 0.2) is 5.15 Å². The number of aromatic amines is 1. The van der Waals surface area contributed by atoms with Crippen LogP contribution in [0.4, 0.5) is 0 Å². The van der Waals surface area contributed by atoms with Crippen LogP contribution in [0, 0.1) is 11.8 Å². The first-order valence-electron chi connectivity index (χ1n) is 9.21. The van der Waals surface area contributed by atoms with Gasteiger partial charge in [-0.05, 0) is 37.5 Å². The maximum atomic E-state index is 11.0. The number of likely N-dealkylation sites (tertiary alicyclic amines) is 1. The summed E-state index contributed by atoms with van der Waals surface area (Å²) >= 11 is 6.30. The second-order valence-electron chi connectivity index (χ2n) is 7.56. The molecule has 1 saturated carbocycles. The number of nitrogens with zero attached hydrogens (tertiary/aromatic N) is 2. The Hall–Kier alpha value is -0.580. The van der Waals surface area contributed by atoms with Crippen molar-refractivity contribution in [3.8, 4) is 0 Å². The molecule has 130 valence electrons. The molecule has 2 N–H and O–H groups in total. The van der Waals surface area contributed by atoms with E-state index in [0.29, 0.717) is 17.0 Å². The van der Waals surface area contributed by atoms with E-state index in [1.807, 2.05) is 0 Å². The minimum atomic E-state index is -0.446. The quantitative estimate of drug-likeness (QED) is 0.829. The number of aromatic nitrogens is 2. The van der Waals surface area contributed by atoms with Gasteiger partial charge < -0.3 is 10.1 Å². The van der Waals surface area contributed by atoms with Gasteiger partial charge >= 0.3 is 0 Å². The lowest BCUT2D eigenvalue weighted by molar-refractivity contribution is -0.128. The van der Waals surface area contributed by atoms with Crippen molar-refractivity contribution in [3.63, 3.8) is 0 Å². The van der Waals surface area contributed by atoms with Crippen LogP contribution >= 0.6 is 11.6 Å². The number of nitrogens with one attached hydrogen (secondary N) is 1. The van der Waals surface area contributed by atoms with Crippen LogP contribution in [0.1, 0.15) is 63.9 Å². The molecule has 0 aromatic carbocycles. The maximum Gasteiger partial charge on any atom is 0.151 e. The molecule has 2 heterocycles. The van der Waals surface area contributed by atoms with E-state index in [1.165, 1.54) is 19.3 Å². The molecule has 0 radical (unpaired) electrons. The number of H-pyrrole nitrogens is 1. The second-order valence-corrected chi connectivity index (χ2v) is 7.92. The summed E-state index contributed by atoms with van der Waals surface area (Å²) in [5.41, 5.74) is 0.581. The number of halogens is 1. The van der Waals surface area contributed by atoms with Crippen molar-refractivity contribution < 1.29 is 5.11 Å². The van der Waals surface area contributed by atoms with E-state index >= 15 is 0 Å². The van der Waals surface area contributed by atoms with Gasteiger partial charge in [-0.1, -0.05) is 38.3 Å². The SMILES string of the molecule is CCCCc1nc(Cl)c(CN2CC[C@@](O)(C3CCC3)[C@H](C)C2)[nH]1. The normalized spacial score (nSPS) is 29.7. The molecule has 1 aromatic heterocycles. The molecule has 2 atom stereocenters.